The molecule has 0 saturated carbocycles. The van der Waals surface area contributed by atoms with Crippen LogP contribution in [0.3, 0.4) is 0 Å². The number of amides is 1. The highest BCUT2D eigenvalue weighted by Crippen LogP contribution is 2.32. The maximum atomic E-state index is 12.6. The van der Waals surface area contributed by atoms with E-state index < -0.39 is 0 Å². The highest BCUT2D eigenvalue weighted by molar-refractivity contribution is 5.99. The number of benzene rings is 1. The number of rotatable bonds is 6. The van der Waals surface area contributed by atoms with Crippen LogP contribution < -0.4 is 5.32 Å². The van der Waals surface area contributed by atoms with Gasteiger partial charge >= 0.3 is 0 Å². The first-order valence-corrected chi connectivity index (χ1v) is 9.88. The second-order valence-electron chi connectivity index (χ2n) is 8.39. The van der Waals surface area contributed by atoms with Crippen molar-refractivity contribution in [2.45, 2.75) is 72.3 Å². The predicted molar refractivity (Wildman–Crippen MR) is 105 cm³/mol. The van der Waals surface area contributed by atoms with E-state index in [9.17, 15) is 4.79 Å². The number of aryl methyl sites for hydroxylation is 1. The summed E-state index contributed by atoms with van der Waals surface area (Å²) in [6.45, 7) is 8.92. The minimum atomic E-state index is 0.0535. The minimum Gasteiger partial charge on any atom is -0.358 e. The molecule has 1 aromatic carbocycles. The third-order valence-electron chi connectivity index (χ3n) is 5.49. The molecule has 0 saturated heterocycles. The summed E-state index contributed by atoms with van der Waals surface area (Å²) < 4.78 is 0. The second kappa shape index (κ2) is 7.63. The monoisotopic (exact) mass is 340 g/mol. The average Bonchev–Trinajstić information content (AvgIpc) is 2.91. The van der Waals surface area contributed by atoms with Crippen LogP contribution in [0.2, 0.25) is 0 Å². The molecule has 3 nitrogen and oxygen atoms in total. The van der Waals surface area contributed by atoms with Crippen molar-refractivity contribution in [1.82, 2.24) is 10.3 Å². The molecule has 0 spiro atoms. The number of hydrogen-bond donors (Lipinski definition) is 2. The first kappa shape index (κ1) is 18.0. The van der Waals surface area contributed by atoms with E-state index >= 15 is 0 Å². The summed E-state index contributed by atoms with van der Waals surface area (Å²) in [6.07, 6.45) is 6.93. The Labute approximate surface area is 151 Å². The Morgan fingerprint density at radius 1 is 1.28 bits per heavy atom. The Hall–Kier alpha value is -1.77. The molecule has 1 aromatic heterocycles. The maximum Gasteiger partial charge on any atom is 0.251 e. The van der Waals surface area contributed by atoms with Crippen LogP contribution in [-0.4, -0.2) is 16.9 Å². The molecule has 2 aromatic rings. The SMILES string of the molecule is CC(C)CCC[C@@H](C)NC(=O)c1ccc2[nH]c3c(c2c1)C[C@H](C)CC3. The van der Waals surface area contributed by atoms with Gasteiger partial charge in [-0.3, -0.25) is 4.79 Å². The Morgan fingerprint density at radius 3 is 2.84 bits per heavy atom. The molecule has 3 heteroatoms. The van der Waals surface area contributed by atoms with Gasteiger partial charge in [0, 0.05) is 28.2 Å². The summed E-state index contributed by atoms with van der Waals surface area (Å²) in [5, 5.41) is 4.40. The molecule has 1 heterocycles. The molecular formula is C22H32N2O. The van der Waals surface area contributed by atoms with E-state index in [0.29, 0.717) is 0 Å². The summed E-state index contributed by atoms with van der Waals surface area (Å²) in [4.78, 5) is 16.2. The van der Waals surface area contributed by atoms with E-state index in [1.165, 1.54) is 41.4 Å². The van der Waals surface area contributed by atoms with Crippen molar-refractivity contribution in [1.29, 1.82) is 0 Å². The lowest BCUT2D eigenvalue weighted by molar-refractivity contribution is 0.0938. The van der Waals surface area contributed by atoms with E-state index in [4.69, 9.17) is 0 Å². The van der Waals surface area contributed by atoms with E-state index in [1.54, 1.807) is 0 Å². The van der Waals surface area contributed by atoms with Gasteiger partial charge in [0.15, 0.2) is 0 Å². The van der Waals surface area contributed by atoms with Crippen molar-refractivity contribution in [2.24, 2.45) is 11.8 Å². The molecule has 136 valence electrons. The Balaban J connectivity index is 1.70. The van der Waals surface area contributed by atoms with E-state index in [1.807, 2.05) is 6.07 Å². The standard InChI is InChI=1S/C22H32N2O/c1-14(2)6-5-7-16(4)23-22(25)17-9-11-21-19(13-17)18-12-15(3)8-10-20(18)24-21/h9,11,13-16,24H,5-8,10,12H2,1-4H3,(H,23,25)/t15-,16-/m1/s1. The molecule has 2 N–H and O–H groups in total. The molecule has 0 aliphatic heterocycles. The van der Waals surface area contributed by atoms with Crippen molar-refractivity contribution in [3.63, 3.8) is 0 Å². The topological polar surface area (TPSA) is 44.9 Å². The number of carbonyl (C=O) groups excluding carboxylic acids is 1. The number of aromatic amines is 1. The molecule has 1 aliphatic rings. The first-order valence-electron chi connectivity index (χ1n) is 9.88. The van der Waals surface area contributed by atoms with Crippen molar-refractivity contribution in [2.75, 3.05) is 0 Å². The van der Waals surface area contributed by atoms with Crippen LogP contribution in [0.25, 0.3) is 10.9 Å². The molecule has 2 atom stereocenters. The van der Waals surface area contributed by atoms with Gasteiger partial charge in [-0.15, -0.1) is 0 Å². The zero-order chi connectivity index (χ0) is 18.0. The second-order valence-corrected chi connectivity index (χ2v) is 8.39. The predicted octanol–water partition coefficient (Wildman–Crippen LogP) is 5.24. The largest absolute Gasteiger partial charge is 0.358 e. The summed E-state index contributed by atoms with van der Waals surface area (Å²) in [6, 6.07) is 6.32. The Bertz CT molecular complexity index is 744. The molecular weight excluding hydrogens is 308 g/mol. The Kier molecular flexibility index (Phi) is 5.51. The Morgan fingerprint density at radius 2 is 2.08 bits per heavy atom. The number of nitrogens with one attached hydrogen (secondary N) is 2. The zero-order valence-corrected chi connectivity index (χ0v) is 16.1. The lowest BCUT2D eigenvalue weighted by atomic mass is 9.87. The lowest BCUT2D eigenvalue weighted by Gasteiger charge is -2.18. The highest BCUT2D eigenvalue weighted by atomic mass is 16.1. The fourth-order valence-electron chi connectivity index (χ4n) is 3.94. The fourth-order valence-corrected chi connectivity index (χ4v) is 3.94. The lowest BCUT2D eigenvalue weighted by Crippen LogP contribution is -2.32. The van der Waals surface area contributed by atoms with Crippen molar-refractivity contribution in [3.05, 3.63) is 35.0 Å². The van der Waals surface area contributed by atoms with Crippen LogP contribution in [0.5, 0.6) is 0 Å². The van der Waals surface area contributed by atoms with Gasteiger partial charge in [-0.1, -0.05) is 33.6 Å². The fraction of sp³-hybridized carbons (Fsp3) is 0.591. The van der Waals surface area contributed by atoms with Crippen LogP contribution >= 0.6 is 0 Å². The van der Waals surface area contributed by atoms with Crippen LogP contribution in [0.4, 0.5) is 0 Å². The summed E-state index contributed by atoms with van der Waals surface area (Å²) >= 11 is 0. The van der Waals surface area contributed by atoms with Gasteiger partial charge < -0.3 is 10.3 Å². The number of carbonyl (C=O) groups is 1. The van der Waals surface area contributed by atoms with Gasteiger partial charge in [0.05, 0.1) is 0 Å². The van der Waals surface area contributed by atoms with Crippen molar-refractivity contribution >= 4 is 16.8 Å². The van der Waals surface area contributed by atoms with Gasteiger partial charge in [0.25, 0.3) is 5.91 Å². The zero-order valence-electron chi connectivity index (χ0n) is 16.1. The molecule has 1 aliphatic carbocycles. The van der Waals surface area contributed by atoms with E-state index in [2.05, 4.69) is 50.1 Å². The minimum absolute atomic E-state index is 0.0535. The molecule has 0 fully saturated rings. The number of aromatic nitrogens is 1. The third-order valence-corrected chi connectivity index (χ3v) is 5.49. The quantitative estimate of drug-likeness (QED) is 0.742. The molecule has 0 radical (unpaired) electrons. The summed E-state index contributed by atoms with van der Waals surface area (Å²) in [5.74, 6) is 1.51. The molecule has 3 rings (SSSR count). The van der Waals surface area contributed by atoms with Crippen LogP contribution in [0, 0.1) is 11.8 Å². The average molecular weight is 341 g/mol. The van der Waals surface area contributed by atoms with Gasteiger partial charge in [0.1, 0.15) is 0 Å². The van der Waals surface area contributed by atoms with Crippen LogP contribution in [-0.2, 0) is 12.8 Å². The maximum absolute atomic E-state index is 12.6. The third kappa shape index (κ3) is 4.26. The van der Waals surface area contributed by atoms with E-state index in [0.717, 1.165) is 36.7 Å². The molecule has 25 heavy (non-hydrogen) atoms. The first-order chi connectivity index (χ1) is 11.9. The van der Waals surface area contributed by atoms with E-state index in [-0.39, 0.29) is 11.9 Å². The summed E-state index contributed by atoms with van der Waals surface area (Å²) in [7, 11) is 0. The summed E-state index contributed by atoms with van der Waals surface area (Å²) in [5.41, 5.74) is 4.74. The van der Waals surface area contributed by atoms with Gasteiger partial charge in [0.2, 0.25) is 0 Å². The van der Waals surface area contributed by atoms with Gasteiger partial charge in [-0.2, -0.15) is 0 Å². The van der Waals surface area contributed by atoms with Crippen LogP contribution in [0.1, 0.15) is 75.0 Å². The van der Waals surface area contributed by atoms with Crippen molar-refractivity contribution in [3.8, 4) is 0 Å². The molecule has 0 unspecified atom stereocenters. The number of fused-ring (bicyclic) bond motifs is 3. The molecule has 0 bridgehead atoms. The normalized spacial score (nSPS) is 18.4. The van der Waals surface area contributed by atoms with Crippen molar-refractivity contribution < 1.29 is 4.79 Å². The van der Waals surface area contributed by atoms with Gasteiger partial charge in [-0.25, -0.2) is 0 Å². The van der Waals surface area contributed by atoms with Gasteiger partial charge in [-0.05, 0) is 68.2 Å². The number of H-pyrrole nitrogens is 1. The number of hydrogen-bond acceptors (Lipinski definition) is 1. The molecule has 1 amide bonds. The smallest absolute Gasteiger partial charge is 0.251 e. The van der Waals surface area contributed by atoms with Crippen LogP contribution in [0.15, 0.2) is 18.2 Å². The highest BCUT2D eigenvalue weighted by Gasteiger charge is 2.20.